The van der Waals surface area contributed by atoms with Gasteiger partial charge >= 0.3 is 0 Å². The van der Waals surface area contributed by atoms with E-state index in [4.69, 9.17) is 4.74 Å². The summed E-state index contributed by atoms with van der Waals surface area (Å²) in [5, 5.41) is 5.11. The van der Waals surface area contributed by atoms with Crippen molar-refractivity contribution in [2.45, 2.75) is 38.5 Å². The first-order chi connectivity index (χ1) is 16.1. The number of benzene rings is 2. The van der Waals surface area contributed by atoms with Gasteiger partial charge in [0.25, 0.3) is 5.91 Å². The summed E-state index contributed by atoms with van der Waals surface area (Å²) >= 11 is 0. The number of carbonyl (C=O) groups is 2. The molecule has 0 saturated carbocycles. The minimum atomic E-state index is -3.82. The van der Waals surface area contributed by atoms with Gasteiger partial charge < -0.3 is 15.4 Å². The summed E-state index contributed by atoms with van der Waals surface area (Å²) in [6, 6.07) is 7.04. The molecule has 0 spiro atoms. The van der Waals surface area contributed by atoms with E-state index in [2.05, 4.69) is 10.6 Å². The van der Waals surface area contributed by atoms with Crippen LogP contribution in [0.3, 0.4) is 0 Å². The minimum absolute atomic E-state index is 0.0253. The predicted molar refractivity (Wildman–Crippen MR) is 124 cm³/mol. The molecule has 2 N–H and O–H groups in total. The Morgan fingerprint density at radius 1 is 1.03 bits per heavy atom. The highest BCUT2D eigenvalue weighted by molar-refractivity contribution is 7.89. The monoisotopic (exact) mass is 497 g/mol. The molecule has 186 valence electrons. The van der Waals surface area contributed by atoms with Crippen molar-refractivity contribution in [3.63, 3.8) is 0 Å². The van der Waals surface area contributed by atoms with Crippen molar-refractivity contribution in [1.29, 1.82) is 0 Å². The molecule has 2 aromatic carbocycles. The molecule has 0 atom stereocenters. The van der Waals surface area contributed by atoms with Crippen molar-refractivity contribution in [3.8, 4) is 5.75 Å². The van der Waals surface area contributed by atoms with Gasteiger partial charge in [0.1, 0.15) is 22.3 Å². The molecule has 2 amide bonds. The van der Waals surface area contributed by atoms with Gasteiger partial charge in [-0.25, -0.2) is 17.2 Å². The van der Waals surface area contributed by atoms with Crippen LogP contribution in [0.4, 0.5) is 14.5 Å². The van der Waals surface area contributed by atoms with Crippen LogP contribution >= 0.6 is 0 Å². The number of sulfonamides is 1. The number of hydrogen-bond acceptors (Lipinski definition) is 5. The predicted octanol–water partition coefficient (Wildman–Crippen LogP) is 3.54. The Morgan fingerprint density at radius 2 is 1.74 bits per heavy atom. The van der Waals surface area contributed by atoms with E-state index in [0.29, 0.717) is 6.07 Å². The lowest BCUT2D eigenvalue weighted by molar-refractivity contribution is -0.116. The zero-order valence-corrected chi connectivity index (χ0v) is 20.2. The Morgan fingerprint density at radius 3 is 2.35 bits per heavy atom. The number of carbonyl (C=O) groups excluding carboxylic acids is 2. The Labute approximate surface area is 198 Å². The second-order valence-corrected chi connectivity index (χ2v) is 9.12. The van der Waals surface area contributed by atoms with Crippen LogP contribution < -0.4 is 15.4 Å². The van der Waals surface area contributed by atoms with Gasteiger partial charge in [0.05, 0.1) is 12.2 Å². The highest BCUT2D eigenvalue weighted by Crippen LogP contribution is 2.30. The summed E-state index contributed by atoms with van der Waals surface area (Å²) in [7, 11) is -3.82. The molecule has 0 bridgehead atoms. The maximum Gasteiger partial charge on any atom is 0.254 e. The average Bonchev–Trinajstić information content (AvgIpc) is 2.78. The normalized spacial score (nSPS) is 11.4. The van der Waals surface area contributed by atoms with Crippen LogP contribution in [0.1, 0.15) is 44.0 Å². The number of ether oxygens (including phenoxy) is 1. The maximum absolute atomic E-state index is 13.6. The van der Waals surface area contributed by atoms with Gasteiger partial charge in [0.15, 0.2) is 0 Å². The fourth-order valence-electron chi connectivity index (χ4n) is 3.21. The van der Waals surface area contributed by atoms with Crippen LogP contribution in [-0.4, -0.2) is 50.8 Å². The van der Waals surface area contributed by atoms with Crippen molar-refractivity contribution in [1.82, 2.24) is 9.62 Å². The van der Waals surface area contributed by atoms with Crippen LogP contribution in [-0.2, 0) is 14.8 Å². The molecule has 0 aromatic heterocycles. The summed E-state index contributed by atoms with van der Waals surface area (Å²) < 4.78 is 59.4. The third-order valence-corrected chi connectivity index (χ3v) is 6.96. The third kappa shape index (κ3) is 6.97. The van der Waals surface area contributed by atoms with Crippen molar-refractivity contribution in [2.24, 2.45) is 0 Å². The summed E-state index contributed by atoms with van der Waals surface area (Å²) in [5.41, 5.74) is -0.00113. The standard InChI is InChI=1S/C23H29F2N3O5S/c1-4-28(5-2)34(31,32)21-15-17(10-12-20(21)33-6-3)27-22(29)8-7-13-26-23(30)18-11-9-16(24)14-19(18)25/h9-12,14-15H,4-8,13H2,1-3H3,(H,26,30)(H,27,29). The van der Waals surface area contributed by atoms with Crippen molar-refractivity contribution >= 4 is 27.5 Å². The lowest BCUT2D eigenvalue weighted by atomic mass is 10.2. The minimum Gasteiger partial charge on any atom is -0.492 e. The summed E-state index contributed by atoms with van der Waals surface area (Å²) in [5.74, 6) is -2.66. The van der Waals surface area contributed by atoms with Crippen LogP contribution in [0.15, 0.2) is 41.3 Å². The van der Waals surface area contributed by atoms with E-state index >= 15 is 0 Å². The van der Waals surface area contributed by atoms with Crippen LogP contribution in [0.25, 0.3) is 0 Å². The van der Waals surface area contributed by atoms with E-state index in [1.165, 1.54) is 16.4 Å². The lowest BCUT2D eigenvalue weighted by Gasteiger charge is -2.21. The van der Waals surface area contributed by atoms with Gasteiger partial charge in [0.2, 0.25) is 15.9 Å². The van der Waals surface area contributed by atoms with Gasteiger partial charge in [-0.15, -0.1) is 0 Å². The number of anilines is 1. The highest BCUT2D eigenvalue weighted by Gasteiger charge is 2.26. The molecule has 0 heterocycles. The highest BCUT2D eigenvalue weighted by atomic mass is 32.2. The zero-order valence-electron chi connectivity index (χ0n) is 19.4. The van der Waals surface area contributed by atoms with E-state index in [1.54, 1.807) is 26.8 Å². The van der Waals surface area contributed by atoms with Crippen LogP contribution in [0.5, 0.6) is 5.75 Å². The molecule has 2 aromatic rings. The SMILES string of the molecule is CCOc1ccc(NC(=O)CCCNC(=O)c2ccc(F)cc2F)cc1S(=O)(=O)N(CC)CC. The van der Waals surface area contributed by atoms with Crippen LogP contribution in [0.2, 0.25) is 0 Å². The van der Waals surface area contributed by atoms with E-state index in [-0.39, 0.29) is 61.0 Å². The number of nitrogens with one attached hydrogen (secondary N) is 2. The molecular weight excluding hydrogens is 468 g/mol. The van der Waals surface area contributed by atoms with E-state index in [0.717, 1.165) is 12.1 Å². The lowest BCUT2D eigenvalue weighted by Crippen LogP contribution is -2.31. The summed E-state index contributed by atoms with van der Waals surface area (Å²) in [6.45, 7) is 6.15. The largest absolute Gasteiger partial charge is 0.492 e. The number of nitrogens with zero attached hydrogens (tertiary/aromatic N) is 1. The first kappa shape index (κ1) is 27.2. The second-order valence-electron chi connectivity index (χ2n) is 7.22. The molecule has 2 rings (SSSR count). The average molecular weight is 498 g/mol. The fraction of sp³-hybridized carbons (Fsp3) is 0.391. The topological polar surface area (TPSA) is 105 Å². The molecule has 0 saturated heterocycles. The Hall–Kier alpha value is -3.05. The Kier molecular flexibility index (Phi) is 9.94. The van der Waals surface area contributed by atoms with Gasteiger partial charge in [-0.3, -0.25) is 9.59 Å². The second kappa shape index (κ2) is 12.4. The van der Waals surface area contributed by atoms with E-state index in [1.807, 2.05) is 0 Å². The Bertz CT molecular complexity index is 1120. The number of rotatable bonds is 12. The molecule has 0 unspecified atom stereocenters. The van der Waals surface area contributed by atoms with Gasteiger partial charge in [-0.05, 0) is 43.7 Å². The zero-order chi connectivity index (χ0) is 25.3. The Balaban J connectivity index is 1.99. The first-order valence-corrected chi connectivity index (χ1v) is 12.4. The van der Waals surface area contributed by atoms with Crippen molar-refractivity contribution < 1.29 is 31.5 Å². The van der Waals surface area contributed by atoms with Crippen LogP contribution in [0, 0.1) is 11.6 Å². The number of hydrogen-bond donors (Lipinski definition) is 2. The van der Waals surface area contributed by atoms with Gasteiger partial charge in [-0.1, -0.05) is 13.8 Å². The quantitative estimate of drug-likeness (QED) is 0.437. The molecule has 34 heavy (non-hydrogen) atoms. The smallest absolute Gasteiger partial charge is 0.254 e. The van der Waals surface area contributed by atoms with E-state index < -0.39 is 33.5 Å². The van der Waals surface area contributed by atoms with Crippen molar-refractivity contribution in [3.05, 3.63) is 53.6 Å². The molecule has 0 aliphatic heterocycles. The van der Waals surface area contributed by atoms with Crippen molar-refractivity contribution in [2.75, 3.05) is 31.6 Å². The summed E-state index contributed by atoms with van der Waals surface area (Å²) in [4.78, 5) is 24.3. The molecule has 0 aliphatic carbocycles. The molecular formula is C23H29F2N3O5S. The molecule has 0 fully saturated rings. The number of halogens is 2. The first-order valence-electron chi connectivity index (χ1n) is 10.9. The molecule has 8 nitrogen and oxygen atoms in total. The molecule has 0 radical (unpaired) electrons. The molecule has 0 aliphatic rings. The third-order valence-electron chi connectivity index (χ3n) is 4.89. The summed E-state index contributed by atoms with van der Waals surface area (Å²) in [6.07, 6.45) is 0.277. The number of amides is 2. The maximum atomic E-state index is 13.6. The molecule has 11 heteroatoms. The van der Waals surface area contributed by atoms with Gasteiger partial charge in [-0.2, -0.15) is 4.31 Å². The van der Waals surface area contributed by atoms with E-state index in [9.17, 15) is 26.8 Å². The van der Waals surface area contributed by atoms with Gasteiger partial charge in [0, 0.05) is 37.8 Å². The fourth-order valence-corrected chi connectivity index (χ4v) is 4.82.